The van der Waals surface area contributed by atoms with Gasteiger partial charge in [0.05, 0.1) is 0 Å². The van der Waals surface area contributed by atoms with Crippen molar-refractivity contribution in [3.05, 3.63) is 0 Å². The average molecular weight is 271 g/mol. The van der Waals surface area contributed by atoms with Crippen LogP contribution in [0.15, 0.2) is 0 Å². The number of urea groups is 1. The fraction of sp³-hybridized carbons (Fsp3) is 0.846. The van der Waals surface area contributed by atoms with Gasteiger partial charge in [0, 0.05) is 19.1 Å². The molecule has 2 amide bonds. The average Bonchev–Trinajstić information content (AvgIpc) is 2.85. The summed E-state index contributed by atoms with van der Waals surface area (Å²) in [5.41, 5.74) is 0. The maximum atomic E-state index is 12.1. The molecule has 0 saturated carbocycles. The van der Waals surface area contributed by atoms with Gasteiger partial charge < -0.3 is 20.2 Å². The molecule has 2 N–H and O–H groups in total. The number of carbonyl (C=O) groups is 2. The molecule has 0 spiro atoms. The van der Waals surface area contributed by atoms with E-state index in [1.807, 2.05) is 6.92 Å². The molecule has 6 nitrogen and oxygen atoms in total. The van der Waals surface area contributed by atoms with E-state index in [2.05, 4.69) is 24.1 Å². The quantitative estimate of drug-likeness (QED) is 0.755. The first-order chi connectivity index (χ1) is 8.99. The lowest BCUT2D eigenvalue weighted by atomic mass is 10.2. The summed E-state index contributed by atoms with van der Waals surface area (Å²) in [6.07, 6.45) is 1.31. The van der Waals surface area contributed by atoms with E-state index in [0.717, 1.165) is 26.1 Å². The minimum atomic E-state index is -0.913. The topological polar surface area (TPSA) is 72.9 Å². The number of carboxylic acids is 1. The second-order valence-electron chi connectivity index (χ2n) is 5.03. The molecule has 2 atom stereocenters. The summed E-state index contributed by atoms with van der Waals surface area (Å²) >= 11 is 0. The molecule has 6 heteroatoms. The Balaban J connectivity index is 2.47. The van der Waals surface area contributed by atoms with Crippen molar-refractivity contribution < 1.29 is 14.7 Å². The van der Waals surface area contributed by atoms with Gasteiger partial charge in [0.25, 0.3) is 0 Å². The molecule has 1 heterocycles. The molecule has 1 aliphatic heterocycles. The van der Waals surface area contributed by atoms with Crippen molar-refractivity contribution in [2.45, 2.75) is 45.7 Å². The highest BCUT2D eigenvalue weighted by Crippen LogP contribution is 2.17. The second kappa shape index (κ2) is 7.33. The van der Waals surface area contributed by atoms with Crippen LogP contribution in [0.1, 0.15) is 33.6 Å². The molecule has 1 saturated heterocycles. The van der Waals surface area contributed by atoms with E-state index in [-0.39, 0.29) is 12.1 Å². The van der Waals surface area contributed by atoms with E-state index in [0.29, 0.717) is 13.0 Å². The Morgan fingerprint density at radius 1 is 1.42 bits per heavy atom. The Labute approximate surface area is 114 Å². The fourth-order valence-corrected chi connectivity index (χ4v) is 2.47. The molecule has 19 heavy (non-hydrogen) atoms. The van der Waals surface area contributed by atoms with E-state index in [9.17, 15) is 9.59 Å². The highest BCUT2D eigenvalue weighted by molar-refractivity contribution is 5.83. The normalized spacial score (nSPS) is 20.6. The number of nitrogens with one attached hydrogen (secondary N) is 1. The van der Waals surface area contributed by atoms with Crippen LogP contribution in [0.4, 0.5) is 4.79 Å². The molecular formula is C13H25N3O3. The van der Waals surface area contributed by atoms with Gasteiger partial charge in [0.1, 0.15) is 6.04 Å². The van der Waals surface area contributed by atoms with Crippen LogP contribution < -0.4 is 5.32 Å². The molecular weight excluding hydrogens is 246 g/mol. The maximum absolute atomic E-state index is 12.1. The predicted molar refractivity (Wildman–Crippen MR) is 73.1 cm³/mol. The van der Waals surface area contributed by atoms with Gasteiger partial charge in [-0.3, -0.25) is 0 Å². The van der Waals surface area contributed by atoms with Crippen molar-refractivity contribution in [1.82, 2.24) is 15.1 Å². The number of hydrogen-bond acceptors (Lipinski definition) is 3. The smallest absolute Gasteiger partial charge is 0.326 e. The van der Waals surface area contributed by atoms with Crippen molar-refractivity contribution in [2.75, 3.05) is 26.2 Å². The van der Waals surface area contributed by atoms with E-state index < -0.39 is 12.0 Å². The molecule has 1 rings (SSSR count). The van der Waals surface area contributed by atoms with E-state index in [4.69, 9.17) is 5.11 Å². The Morgan fingerprint density at radius 2 is 2.05 bits per heavy atom. The van der Waals surface area contributed by atoms with E-state index in [1.54, 1.807) is 0 Å². The van der Waals surface area contributed by atoms with E-state index >= 15 is 0 Å². The maximum Gasteiger partial charge on any atom is 0.326 e. The van der Waals surface area contributed by atoms with Crippen LogP contribution in [0.2, 0.25) is 0 Å². The van der Waals surface area contributed by atoms with Gasteiger partial charge in [-0.15, -0.1) is 0 Å². The van der Waals surface area contributed by atoms with Crippen molar-refractivity contribution >= 4 is 12.0 Å². The Morgan fingerprint density at radius 3 is 2.58 bits per heavy atom. The number of likely N-dealkylation sites (N-methyl/N-ethyl adjacent to an activating group) is 1. The summed E-state index contributed by atoms with van der Waals surface area (Å²) in [7, 11) is 0. The summed E-state index contributed by atoms with van der Waals surface area (Å²) < 4.78 is 0. The number of carbonyl (C=O) groups excluding carboxylic acids is 1. The van der Waals surface area contributed by atoms with Crippen LogP contribution in [0.25, 0.3) is 0 Å². The summed E-state index contributed by atoms with van der Waals surface area (Å²) in [5.74, 6) is -0.913. The van der Waals surface area contributed by atoms with Gasteiger partial charge in [-0.25, -0.2) is 9.59 Å². The fourth-order valence-electron chi connectivity index (χ4n) is 2.47. The number of rotatable bonds is 6. The van der Waals surface area contributed by atoms with E-state index in [1.165, 1.54) is 4.90 Å². The molecule has 2 unspecified atom stereocenters. The van der Waals surface area contributed by atoms with Crippen LogP contribution in [0, 0.1) is 0 Å². The highest BCUT2D eigenvalue weighted by atomic mass is 16.4. The standard InChI is InChI=1S/C13H25N3O3/c1-4-15(5-2)9-10(3)14-13(19)16-8-6-7-11(16)12(17)18/h10-11H,4-9H2,1-3H3,(H,14,19)(H,17,18). The summed E-state index contributed by atoms with van der Waals surface area (Å²) in [6.45, 7) is 9.31. The zero-order valence-corrected chi connectivity index (χ0v) is 12.1. The Bertz CT molecular complexity index is 318. The molecule has 1 fully saturated rings. The third-order valence-corrected chi connectivity index (χ3v) is 3.60. The predicted octanol–water partition coefficient (Wildman–Crippen LogP) is 0.975. The van der Waals surface area contributed by atoms with Crippen molar-refractivity contribution in [3.63, 3.8) is 0 Å². The largest absolute Gasteiger partial charge is 0.480 e. The van der Waals surface area contributed by atoms with Gasteiger partial charge in [0.2, 0.25) is 0 Å². The molecule has 0 aliphatic carbocycles. The van der Waals surface area contributed by atoms with Crippen molar-refractivity contribution in [1.29, 1.82) is 0 Å². The third-order valence-electron chi connectivity index (χ3n) is 3.60. The lowest BCUT2D eigenvalue weighted by molar-refractivity contribution is -0.141. The number of carboxylic acid groups (broad SMARTS) is 1. The van der Waals surface area contributed by atoms with Crippen LogP contribution in [0.5, 0.6) is 0 Å². The summed E-state index contributed by atoms with van der Waals surface area (Å²) in [6, 6.07) is -0.910. The molecule has 0 aromatic rings. The molecule has 0 aromatic heterocycles. The molecule has 110 valence electrons. The minimum absolute atomic E-state index is 0.0162. The monoisotopic (exact) mass is 271 g/mol. The SMILES string of the molecule is CCN(CC)CC(C)NC(=O)N1CCCC1C(=O)O. The first kappa shape index (κ1) is 15.8. The number of nitrogens with zero attached hydrogens (tertiary/aromatic N) is 2. The second-order valence-corrected chi connectivity index (χ2v) is 5.03. The Hall–Kier alpha value is -1.30. The number of aliphatic carboxylic acids is 1. The summed E-state index contributed by atoms with van der Waals surface area (Å²) in [4.78, 5) is 26.8. The van der Waals surface area contributed by atoms with Crippen molar-refractivity contribution in [3.8, 4) is 0 Å². The zero-order valence-electron chi connectivity index (χ0n) is 12.1. The molecule has 0 bridgehead atoms. The molecule has 0 radical (unpaired) electrons. The number of likely N-dealkylation sites (tertiary alicyclic amines) is 1. The number of hydrogen-bond donors (Lipinski definition) is 2. The first-order valence-electron chi connectivity index (χ1n) is 7.01. The van der Waals surface area contributed by atoms with Gasteiger partial charge in [-0.05, 0) is 32.9 Å². The first-order valence-corrected chi connectivity index (χ1v) is 7.01. The minimum Gasteiger partial charge on any atom is -0.480 e. The van der Waals surface area contributed by atoms with Gasteiger partial charge in [-0.1, -0.05) is 13.8 Å². The molecule has 0 aromatic carbocycles. The molecule has 1 aliphatic rings. The van der Waals surface area contributed by atoms with Gasteiger partial charge in [-0.2, -0.15) is 0 Å². The van der Waals surface area contributed by atoms with Crippen LogP contribution in [0.3, 0.4) is 0 Å². The zero-order chi connectivity index (χ0) is 14.4. The lowest BCUT2D eigenvalue weighted by Gasteiger charge is -2.27. The summed E-state index contributed by atoms with van der Waals surface area (Å²) in [5, 5.41) is 11.9. The van der Waals surface area contributed by atoms with Gasteiger partial charge >= 0.3 is 12.0 Å². The van der Waals surface area contributed by atoms with Crippen LogP contribution in [-0.4, -0.2) is 65.2 Å². The lowest BCUT2D eigenvalue weighted by Crippen LogP contribution is -2.50. The van der Waals surface area contributed by atoms with Crippen LogP contribution in [-0.2, 0) is 4.79 Å². The Kier molecular flexibility index (Phi) is 6.08. The highest BCUT2D eigenvalue weighted by Gasteiger charge is 2.34. The van der Waals surface area contributed by atoms with Crippen LogP contribution >= 0.6 is 0 Å². The van der Waals surface area contributed by atoms with Crippen molar-refractivity contribution in [2.24, 2.45) is 0 Å². The number of amides is 2. The van der Waals surface area contributed by atoms with Gasteiger partial charge in [0.15, 0.2) is 0 Å². The third kappa shape index (κ3) is 4.38.